The minimum Gasteiger partial charge on any atom is -0.480 e. The van der Waals surface area contributed by atoms with Gasteiger partial charge < -0.3 is 10.4 Å². The summed E-state index contributed by atoms with van der Waals surface area (Å²) in [5.41, 5.74) is 0.579. The van der Waals surface area contributed by atoms with E-state index in [0.29, 0.717) is 19.9 Å². The SMILES string of the molecule is Cc1nc(-c2ccc(Cl)s2)sc1C(=O)N[C@@H](C(=O)O)C(C)C. The van der Waals surface area contributed by atoms with Gasteiger partial charge in [0.2, 0.25) is 0 Å². The van der Waals surface area contributed by atoms with Crippen LogP contribution >= 0.6 is 34.3 Å². The Balaban J connectivity index is 2.24. The van der Waals surface area contributed by atoms with E-state index in [2.05, 4.69) is 10.3 Å². The van der Waals surface area contributed by atoms with Crippen LogP contribution in [0, 0.1) is 12.8 Å². The highest BCUT2D eigenvalue weighted by molar-refractivity contribution is 7.24. The third kappa shape index (κ3) is 3.66. The summed E-state index contributed by atoms with van der Waals surface area (Å²) in [5, 5.41) is 12.4. The first-order chi connectivity index (χ1) is 10.3. The first kappa shape index (κ1) is 16.9. The second-order valence-corrected chi connectivity index (χ2v) is 7.78. The molecule has 8 heteroatoms. The zero-order valence-electron chi connectivity index (χ0n) is 12.2. The van der Waals surface area contributed by atoms with Gasteiger partial charge in [0.15, 0.2) is 0 Å². The fourth-order valence-electron chi connectivity index (χ4n) is 1.86. The molecule has 0 saturated heterocycles. The first-order valence-electron chi connectivity index (χ1n) is 6.56. The summed E-state index contributed by atoms with van der Waals surface area (Å²) in [6.45, 7) is 5.23. The van der Waals surface area contributed by atoms with Gasteiger partial charge in [0.25, 0.3) is 5.91 Å². The van der Waals surface area contributed by atoms with Gasteiger partial charge in [-0.2, -0.15) is 0 Å². The van der Waals surface area contributed by atoms with Gasteiger partial charge in [0.1, 0.15) is 15.9 Å². The Hall–Kier alpha value is -1.44. The van der Waals surface area contributed by atoms with Crippen molar-refractivity contribution >= 4 is 46.2 Å². The molecule has 0 aliphatic rings. The maximum atomic E-state index is 12.3. The molecule has 0 bridgehead atoms. The largest absolute Gasteiger partial charge is 0.480 e. The van der Waals surface area contributed by atoms with Crippen LogP contribution in [-0.4, -0.2) is 28.0 Å². The van der Waals surface area contributed by atoms with E-state index in [-0.39, 0.29) is 5.92 Å². The van der Waals surface area contributed by atoms with Crippen LogP contribution in [0.3, 0.4) is 0 Å². The number of halogens is 1. The minimum absolute atomic E-state index is 0.203. The van der Waals surface area contributed by atoms with Crippen LogP contribution in [0.4, 0.5) is 0 Å². The number of hydrogen-bond donors (Lipinski definition) is 2. The Morgan fingerprint density at radius 3 is 2.50 bits per heavy atom. The number of rotatable bonds is 5. The molecule has 0 fully saturated rings. The number of carboxylic acid groups (broad SMARTS) is 1. The lowest BCUT2D eigenvalue weighted by atomic mass is 10.0. The molecule has 0 aliphatic heterocycles. The van der Waals surface area contributed by atoms with E-state index >= 15 is 0 Å². The average Bonchev–Trinajstić information content (AvgIpc) is 3.01. The highest BCUT2D eigenvalue weighted by atomic mass is 35.5. The van der Waals surface area contributed by atoms with Crippen molar-refractivity contribution in [1.29, 1.82) is 0 Å². The van der Waals surface area contributed by atoms with E-state index in [1.165, 1.54) is 22.7 Å². The van der Waals surface area contributed by atoms with Crippen molar-refractivity contribution in [3.8, 4) is 9.88 Å². The van der Waals surface area contributed by atoms with Crippen LogP contribution in [0.2, 0.25) is 4.34 Å². The van der Waals surface area contributed by atoms with Crippen LogP contribution in [0.5, 0.6) is 0 Å². The topological polar surface area (TPSA) is 79.3 Å². The Bertz CT molecular complexity index is 709. The number of aromatic nitrogens is 1. The number of amides is 1. The average molecular weight is 359 g/mol. The number of aryl methyl sites for hydroxylation is 1. The fourth-order valence-corrected chi connectivity index (χ4v) is 3.93. The summed E-state index contributed by atoms with van der Waals surface area (Å²) in [5.74, 6) is -1.66. The predicted octanol–water partition coefficient (Wildman–Crippen LogP) is 3.67. The van der Waals surface area contributed by atoms with Gasteiger partial charge >= 0.3 is 5.97 Å². The lowest BCUT2D eigenvalue weighted by Gasteiger charge is -2.17. The standard InChI is InChI=1S/C14H15ClN2O3S2/c1-6(2)10(14(19)20)17-12(18)11-7(3)16-13(22-11)8-4-5-9(15)21-8/h4-6,10H,1-3H3,(H,17,18)(H,19,20)/t10-/m1/s1. The fraction of sp³-hybridized carbons (Fsp3) is 0.357. The lowest BCUT2D eigenvalue weighted by molar-refractivity contribution is -0.140. The zero-order valence-corrected chi connectivity index (χ0v) is 14.6. The van der Waals surface area contributed by atoms with Gasteiger partial charge in [-0.05, 0) is 25.0 Å². The molecule has 2 N–H and O–H groups in total. The molecule has 2 rings (SSSR count). The Morgan fingerprint density at radius 2 is 2.00 bits per heavy atom. The van der Waals surface area contributed by atoms with Crippen LogP contribution < -0.4 is 5.32 Å². The molecule has 22 heavy (non-hydrogen) atoms. The molecule has 0 radical (unpaired) electrons. The van der Waals surface area contributed by atoms with E-state index in [9.17, 15) is 9.59 Å². The molecule has 2 heterocycles. The van der Waals surface area contributed by atoms with Crippen LogP contribution in [0.15, 0.2) is 12.1 Å². The summed E-state index contributed by atoms with van der Waals surface area (Å²) in [6.07, 6.45) is 0. The van der Waals surface area contributed by atoms with Crippen molar-refractivity contribution in [3.63, 3.8) is 0 Å². The minimum atomic E-state index is -1.05. The summed E-state index contributed by atoms with van der Waals surface area (Å²) < 4.78 is 0.652. The summed E-state index contributed by atoms with van der Waals surface area (Å²) in [4.78, 5) is 29.2. The van der Waals surface area contributed by atoms with Gasteiger partial charge in [-0.15, -0.1) is 22.7 Å². The number of carbonyl (C=O) groups is 2. The van der Waals surface area contributed by atoms with E-state index < -0.39 is 17.9 Å². The highest BCUT2D eigenvalue weighted by Crippen LogP contribution is 2.34. The van der Waals surface area contributed by atoms with E-state index in [1.54, 1.807) is 26.8 Å². The number of aliphatic carboxylic acids is 1. The molecule has 5 nitrogen and oxygen atoms in total. The van der Waals surface area contributed by atoms with Crippen molar-refractivity contribution in [2.75, 3.05) is 0 Å². The molecule has 0 spiro atoms. The number of hydrogen-bond acceptors (Lipinski definition) is 5. The Labute approximate surface area is 141 Å². The summed E-state index contributed by atoms with van der Waals surface area (Å²) in [6, 6.07) is 2.70. The molecule has 0 unspecified atom stereocenters. The molecular formula is C14H15ClN2O3S2. The van der Waals surface area contributed by atoms with Gasteiger partial charge in [-0.25, -0.2) is 9.78 Å². The van der Waals surface area contributed by atoms with Crippen molar-refractivity contribution in [1.82, 2.24) is 10.3 Å². The van der Waals surface area contributed by atoms with E-state index in [4.69, 9.17) is 16.7 Å². The van der Waals surface area contributed by atoms with Crippen LogP contribution in [-0.2, 0) is 4.79 Å². The third-order valence-electron chi connectivity index (χ3n) is 3.01. The predicted molar refractivity (Wildman–Crippen MR) is 88.9 cm³/mol. The summed E-state index contributed by atoms with van der Waals surface area (Å²) >= 11 is 8.53. The molecule has 1 atom stereocenters. The third-order valence-corrected chi connectivity index (χ3v) is 5.56. The molecular weight excluding hydrogens is 344 g/mol. The number of carbonyl (C=O) groups excluding carboxylic acids is 1. The van der Waals surface area contributed by atoms with Gasteiger partial charge in [0.05, 0.1) is 14.9 Å². The van der Waals surface area contributed by atoms with Crippen molar-refractivity contribution in [3.05, 3.63) is 27.0 Å². The highest BCUT2D eigenvalue weighted by Gasteiger charge is 2.26. The normalized spacial score (nSPS) is 12.4. The zero-order chi connectivity index (χ0) is 16.4. The van der Waals surface area contributed by atoms with Crippen molar-refractivity contribution in [2.45, 2.75) is 26.8 Å². The van der Waals surface area contributed by atoms with Gasteiger partial charge in [-0.1, -0.05) is 25.4 Å². The molecule has 2 aromatic rings. The van der Waals surface area contributed by atoms with Gasteiger partial charge in [-0.3, -0.25) is 4.79 Å². The van der Waals surface area contributed by atoms with Crippen LogP contribution in [0.1, 0.15) is 29.2 Å². The molecule has 0 saturated carbocycles. The smallest absolute Gasteiger partial charge is 0.326 e. The molecule has 2 aromatic heterocycles. The second-order valence-electron chi connectivity index (χ2n) is 5.07. The van der Waals surface area contributed by atoms with Crippen molar-refractivity contribution < 1.29 is 14.7 Å². The summed E-state index contributed by atoms with van der Waals surface area (Å²) in [7, 11) is 0. The van der Waals surface area contributed by atoms with Crippen molar-refractivity contribution in [2.24, 2.45) is 5.92 Å². The molecule has 0 aliphatic carbocycles. The molecule has 1 amide bonds. The Kier molecular flexibility index (Phi) is 5.20. The van der Waals surface area contributed by atoms with Crippen LogP contribution in [0.25, 0.3) is 9.88 Å². The molecule has 0 aromatic carbocycles. The number of thiazole rings is 1. The van der Waals surface area contributed by atoms with Gasteiger partial charge in [0, 0.05) is 0 Å². The Morgan fingerprint density at radius 1 is 1.32 bits per heavy atom. The number of carboxylic acids is 1. The maximum absolute atomic E-state index is 12.3. The van der Waals surface area contributed by atoms with E-state index in [1.807, 2.05) is 6.07 Å². The number of nitrogens with zero attached hydrogens (tertiary/aromatic N) is 1. The number of thiophene rings is 1. The quantitative estimate of drug-likeness (QED) is 0.854. The van der Waals surface area contributed by atoms with E-state index in [0.717, 1.165) is 4.88 Å². The molecule has 118 valence electrons. The second kappa shape index (κ2) is 6.76. The maximum Gasteiger partial charge on any atom is 0.326 e. The monoisotopic (exact) mass is 358 g/mol. The first-order valence-corrected chi connectivity index (χ1v) is 8.57. The lowest BCUT2D eigenvalue weighted by Crippen LogP contribution is -2.44. The number of nitrogens with one attached hydrogen (secondary N) is 1.